The molecule has 0 bridgehead atoms. The second kappa shape index (κ2) is 10.1. The van der Waals surface area contributed by atoms with Crippen LogP contribution in [0.4, 0.5) is 0 Å². The highest BCUT2D eigenvalue weighted by Gasteiger charge is 2.30. The summed E-state index contributed by atoms with van der Waals surface area (Å²) in [6.07, 6.45) is 0.759. The predicted molar refractivity (Wildman–Crippen MR) is 118 cm³/mol. The SMILES string of the molecule is COCCCn1c(C)cc(C(=O)COC(=O)CCN=C2NS(=O)(=O)c3ccccc32)c1C. The van der Waals surface area contributed by atoms with Gasteiger partial charge in [-0.1, -0.05) is 12.1 Å². The summed E-state index contributed by atoms with van der Waals surface area (Å²) in [5.41, 5.74) is 2.79. The number of sulfonamides is 1. The number of nitrogens with zero attached hydrogens (tertiary/aromatic N) is 2. The molecule has 0 saturated heterocycles. The van der Waals surface area contributed by atoms with Crippen molar-refractivity contribution in [1.29, 1.82) is 0 Å². The molecule has 10 heteroatoms. The Kier molecular flexibility index (Phi) is 7.47. The first-order valence-electron chi connectivity index (χ1n) is 10.3. The zero-order valence-corrected chi connectivity index (χ0v) is 19.2. The van der Waals surface area contributed by atoms with Crippen LogP contribution in [0.1, 0.15) is 40.2 Å². The number of Topliss-reactive ketones (excluding diaryl/α,β-unsaturated/α-hetero) is 1. The van der Waals surface area contributed by atoms with Crippen LogP contribution in [-0.4, -0.2) is 57.4 Å². The van der Waals surface area contributed by atoms with E-state index in [1.807, 2.05) is 18.4 Å². The Morgan fingerprint density at radius 1 is 1.19 bits per heavy atom. The number of ketones is 1. The summed E-state index contributed by atoms with van der Waals surface area (Å²) < 4.78 is 38.8. The van der Waals surface area contributed by atoms with Crippen LogP contribution in [0.25, 0.3) is 0 Å². The van der Waals surface area contributed by atoms with E-state index >= 15 is 0 Å². The smallest absolute Gasteiger partial charge is 0.308 e. The average molecular weight is 462 g/mol. The Morgan fingerprint density at radius 3 is 2.69 bits per heavy atom. The van der Waals surface area contributed by atoms with Gasteiger partial charge in [0.25, 0.3) is 10.0 Å². The van der Waals surface area contributed by atoms with E-state index in [2.05, 4.69) is 9.71 Å². The van der Waals surface area contributed by atoms with Gasteiger partial charge in [-0.2, -0.15) is 0 Å². The minimum Gasteiger partial charge on any atom is -0.457 e. The lowest BCUT2D eigenvalue weighted by Gasteiger charge is -2.09. The minimum absolute atomic E-state index is 0.0349. The van der Waals surface area contributed by atoms with Crippen LogP contribution in [-0.2, 0) is 30.8 Å². The van der Waals surface area contributed by atoms with Gasteiger partial charge in [-0.25, -0.2) is 8.42 Å². The first-order chi connectivity index (χ1) is 15.2. The molecule has 1 aromatic heterocycles. The number of aromatic nitrogens is 1. The van der Waals surface area contributed by atoms with E-state index in [0.717, 1.165) is 24.4 Å². The van der Waals surface area contributed by atoms with Crippen molar-refractivity contribution in [2.45, 2.75) is 38.1 Å². The summed E-state index contributed by atoms with van der Waals surface area (Å²) in [5.74, 6) is -0.649. The number of hydrogen-bond donors (Lipinski definition) is 1. The number of hydrogen-bond acceptors (Lipinski definition) is 7. The van der Waals surface area contributed by atoms with E-state index in [9.17, 15) is 18.0 Å². The molecular formula is C22H27N3O6S. The number of ether oxygens (including phenoxy) is 2. The molecule has 0 atom stereocenters. The van der Waals surface area contributed by atoms with Crippen LogP contribution < -0.4 is 4.72 Å². The van der Waals surface area contributed by atoms with Crippen LogP contribution in [0.3, 0.4) is 0 Å². The van der Waals surface area contributed by atoms with Crippen molar-refractivity contribution in [3.63, 3.8) is 0 Å². The Balaban J connectivity index is 1.52. The van der Waals surface area contributed by atoms with Crippen LogP contribution in [0, 0.1) is 13.8 Å². The first kappa shape index (κ1) is 23.7. The molecule has 0 spiro atoms. The summed E-state index contributed by atoms with van der Waals surface area (Å²) >= 11 is 0. The lowest BCUT2D eigenvalue weighted by atomic mass is 10.1. The number of methoxy groups -OCH3 is 1. The van der Waals surface area contributed by atoms with Gasteiger partial charge >= 0.3 is 5.97 Å². The van der Waals surface area contributed by atoms with Crippen LogP contribution in [0.5, 0.6) is 0 Å². The standard InChI is InChI=1S/C22H27N3O6S/c1-15-13-18(16(2)25(15)11-6-12-30-3)19(26)14-31-21(27)9-10-23-22-17-7-4-5-8-20(17)32(28,29)24-22/h4-5,7-8,13H,6,9-12,14H2,1-3H3,(H,23,24). The lowest BCUT2D eigenvalue weighted by molar-refractivity contribution is -0.142. The maximum absolute atomic E-state index is 12.5. The molecule has 3 rings (SSSR count). The van der Waals surface area contributed by atoms with E-state index < -0.39 is 16.0 Å². The maximum Gasteiger partial charge on any atom is 0.308 e. The van der Waals surface area contributed by atoms with Gasteiger partial charge in [0.05, 0.1) is 17.9 Å². The highest BCUT2D eigenvalue weighted by atomic mass is 32.2. The third-order valence-electron chi connectivity index (χ3n) is 5.22. The number of aryl methyl sites for hydroxylation is 1. The summed E-state index contributed by atoms with van der Waals surface area (Å²) in [5, 5.41) is 0. The van der Waals surface area contributed by atoms with Crippen molar-refractivity contribution in [2.75, 3.05) is 26.9 Å². The van der Waals surface area contributed by atoms with Crippen molar-refractivity contribution in [1.82, 2.24) is 9.29 Å². The molecule has 2 heterocycles. The van der Waals surface area contributed by atoms with Crippen molar-refractivity contribution in [3.8, 4) is 0 Å². The quantitative estimate of drug-likeness (QED) is 0.329. The predicted octanol–water partition coefficient (Wildman–Crippen LogP) is 2.00. The normalized spacial score (nSPS) is 15.4. The summed E-state index contributed by atoms with van der Waals surface area (Å²) in [7, 11) is -1.97. The zero-order valence-electron chi connectivity index (χ0n) is 18.4. The zero-order chi connectivity index (χ0) is 23.3. The van der Waals surface area contributed by atoms with Crippen LogP contribution >= 0.6 is 0 Å². The molecule has 172 valence electrons. The number of carbonyl (C=O) groups excluding carboxylic acids is 2. The molecule has 1 aliphatic rings. The number of carbonyl (C=O) groups is 2. The molecule has 1 aromatic carbocycles. The molecule has 0 aliphatic carbocycles. The molecule has 32 heavy (non-hydrogen) atoms. The molecule has 1 aliphatic heterocycles. The number of aliphatic imine (C=N–C) groups is 1. The van der Waals surface area contributed by atoms with Crippen molar-refractivity contribution < 1.29 is 27.5 Å². The third kappa shape index (κ3) is 5.25. The highest BCUT2D eigenvalue weighted by molar-refractivity contribution is 7.90. The molecule has 0 amide bonds. The number of nitrogens with one attached hydrogen (secondary N) is 1. The van der Waals surface area contributed by atoms with Crippen LogP contribution in [0.2, 0.25) is 0 Å². The van der Waals surface area contributed by atoms with Gasteiger partial charge in [-0.05, 0) is 38.5 Å². The monoisotopic (exact) mass is 461 g/mol. The molecule has 0 fully saturated rings. The van der Waals surface area contributed by atoms with Gasteiger partial charge in [0.2, 0.25) is 5.78 Å². The molecule has 2 aromatic rings. The largest absolute Gasteiger partial charge is 0.457 e. The molecule has 0 saturated carbocycles. The van der Waals surface area contributed by atoms with Crippen molar-refractivity contribution >= 4 is 27.6 Å². The fourth-order valence-corrected chi connectivity index (χ4v) is 4.85. The number of esters is 1. The van der Waals surface area contributed by atoms with E-state index in [4.69, 9.17) is 9.47 Å². The minimum atomic E-state index is -3.62. The Hall–Kier alpha value is -2.98. The van der Waals surface area contributed by atoms with E-state index in [-0.39, 0.29) is 36.1 Å². The number of rotatable bonds is 10. The third-order valence-corrected chi connectivity index (χ3v) is 6.61. The second-order valence-corrected chi connectivity index (χ2v) is 9.10. The summed E-state index contributed by atoms with van der Waals surface area (Å²) in [6, 6.07) is 8.29. The first-order valence-corrected chi connectivity index (χ1v) is 11.7. The summed E-state index contributed by atoms with van der Waals surface area (Å²) in [4.78, 5) is 28.9. The Bertz CT molecular complexity index is 1150. The fourth-order valence-electron chi connectivity index (χ4n) is 3.60. The van der Waals surface area contributed by atoms with E-state index in [0.29, 0.717) is 17.7 Å². The Morgan fingerprint density at radius 2 is 1.94 bits per heavy atom. The van der Waals surface area contributed by atoms with Gasteiger partial charge < -0.3 is 14.0 Å². The topological polar surface area (TPSA) is 116 Å². The maximum atomic E-state index is 12.5. The van der Waals surface area contributed by atoms with E-state index in [1.165, 1.54) is 6.07 Å². The molecule has 0 unspecified atom stereocenters. The van der Waals surface area contributed by atoms with Crippen molar-refractivity contribution in [3.05, 3.63) is 52.8 Å². The molecular weight excluding hydrogens is 434 g/mol. The van der Waals surface area contributed by atoms with Crippen molar-refractivity contribution in [2.24, 2.45) is 4.99 Å². The molecule has 0 radical (unpaired) electrons. The van der Waals surface area contributed by atoms with Crippen LogP contribution in [0.15, 0.2) is 40.2 Å². The van der Waals surface area contributed by atoms with Gasteiger partial charge in [0, 0.05) is 42.8 Å². The average Bonchev–Trinajstić information content (AvgIpc) is 3.19. The number of fused-ring (bicyclic) bond motifs is 1. The van der Waals surface area contributed by atoms with Gasteiger partial charge in [-0.3, -0.25) is 19.3 Å². The number of benzene rings is 1. The van der Waals surface area contributed by atoms with E-state index in [1.54, 1.807) is 31.4 Å². The summed E-state index contributed by atoms with van der Waals surface area (Å²) in [6.45, 7) is 4.85. The fraction of sp³-hybridized carbons (Fsp3) is 0.409. The van der Waals surface area contributed by atoms with Gasteiger partial charge in [0.1, 0.15) is 5.84 Å². The van der Waals surface area contributed by atoms with Gasteiger partial charge in [0.15, 0.2) is 6.61 Å². The highest BCUT2D eigenvalue weighted by Crippen LogP contribution is 2.22. The molecule has 1 N–H and O–H groups in total. The lowest BCUT2D eigenvalue weighted by Crippen LogP contribution is -2.22. The molecule has 9 nitrogen and oxygen atoms in total. The Labute approximate surface area is 187 Å². The number of amidine groups is 1. The second-order valence-electron chi connectivity index (χ2n) is 7.45. The van der Waals surface area contributed by atoms with Gasteiger partial charge in [-0.15, -0.1) is 0 Å².